The number of carbonyl (C=O) groups is 1. The van der Waals surface area contributed by atoms with Gasteiger partial charge in [-0.1, -0.05) is 0 Å². The van der Waals surface area contributed by atoms with Gasteiger partial charge in [-0.15, -0.1) is 0 Å². The number of hydrogen-bond donors (Lipinski definition) is 2. The van der Waals surface area contributed by atoms with E-state index >= 15 is 0 Å². The molecule has 1 atom stereocenters. The van der Waals surface area contributed by atoms with Crippen molar-refractivity contribution in [3.05, 3.63) is 0 Å². The van der Waals surface area contributed by atoms with E-state index in [4.69, 9.17) is 0 Å². The van der Waals surface area contributed by atoms with Crippen LogP contribution in [0.4, 0.5) is 0 Å². The summed E-state index contributed by atoms with van der Waals surface area (Å²) in [6.07, 6.45) is 1.60. The second-order valence-corrected chi connectivity index (χ2v) is 4.65. The van der Waals surface area contributed by atoms with E-state index in [0.29, 0.717) is 12.6 Å². The minimum atomic E-state index is -0.549. The van der Waals surface area contributed by atoms with Crippen LogP contribution < -0.4 is 5.32 Å². The first-order chi connectivity index (χ1) is 7.50. The maximum Gasteiger partial charge on any atom is 0.217 e. The summed E-state index contributed by atoms with van der Waals surface area (Å²) < 4.78 is 0. The Morgan fingerprint density at radius 3 is 2.50 bits per heavy atom. The Bertz CT molecular complexity index is 225. The average Bonchev–Trinajstić information content (AvgIpc) is 2.26. The second kappa shape index (κ2) is 6.18. The fraction of sp³-hybridized carbons (Fsp3) is 0.909. The van der Waals surface area contributed by atoms with Crippen LogP contribution in [0, 0.1) is 0 Å². The number of hydrogen-bond acceptors (Lipinski definition) is 4. The van der Waals surface area contributed by atoms with Crippen molar-refractivity contribution in [2.75, 3.05) is 33.7 Å². The number of nitrogens with zero attached hydrogens (tertiary/aromatic N) is 2. The minimum absolute atomic E-state index is 0.0952. The molecule has 0 saturated carbocycles. The van der Waals surface area contributed by atoms with Gasteiger partial charge >= 0.3 is 0 Å². The molecule has 2 N–H and O–H groups in total. The summed E-state index contributed by atoms with van der Waals surface area (Å²) in [7, 11) is 4.18. The SMILES string of the molecule is CC(=O)NCC(O)N1CCC(N(C)C)CC1. The summed E-state index contributed by atoms with van der Waals surface area (Å²) in [6.45, 7) is 3.57. The number of aliphatic hydroxyl groups excluding tert-OH is 1. The summed E-state index contributed by atoms with van der Waals surface area (Å²) in [5, 5.41) is 12.5. The maximum absolute atomic E-state index is 10.7. The van der Waals surface area contributed by atoms with Crippen LogP contribution in [0.2, 0.25) is 0 Å². The molecule has 0 radical (unpaired) electrons. The Morgan fingerprint density at radius 2 is 2.06 bits per heavy atom. The van der Waals surface area contributed by atoms with Crippen LogP contribution in [-0.2, 0) is 4.79 Å². The number of rotatable bonds is 4. The zero-order valence-electron chi connectivity index (χ0n) is 10.4. The molecule has 1 aliphatic heterocycles. The molecule has 1 amide bonds. The summed E-state index contributed by atoms with van der Waals surface area (Å²) in [6, 6.07) is 0.615. The molecule has 16 heavy (non-hydrogen) atoms. The summed E-state index contributed by atoms with van der Waals surface area (Å²) in [4.78, 5) is 15.0. The fourth-order valence-electron chi connectivity index (χ4n) is 2.06. The van der Waals surface area contributed by atoms with Crippen molar-refractivity contribution < 1.29 is 9.90 Å². The molecule has 0 aromatic heterocycles. The van der Waals surface area contributed by atoms with Gasteiger partial charge in [-0.2, -0.15) is 0 Å². The highest BCUT2D eigenvalue weighted by atomic mass is 16.3. The van der Waals surface area contributed by atoms with E-state index < -0.39 is 6.23 Å². The van der Waals surface area contributed by atoms with Crippen molar-refractivity contribution in [2.24, 2.45) is 0 Å². The van der Waals surface area contributed by atoms with Crippen LogP contribution >= 0.6 is 0 Å². The lowest BCUT2D eigenvalue weighted by Gasteiger charge is -2.37. The van der Waals surface area contributed by atoms with Crippen LogP contribution in [0.1, 0.15) is 19.8 Å². The third-order valence-corrected chi connectivity index (χ3v) is 3.18. The average molecular weight is 229 g/mol. The molecule has 1 fully saturated rings. The molecule has 1 aliphatic rings. The van der Waals surface area contributed by atoms with Gasteiger partial charge in [0.25, 0.3) is 0 Å². The van der Waals surface area contributed by atoms with Crippen LogP contribution in [-0.4, -0.2) is 66.8 Å². The van der Waals surface area contributed by atoms with E-state index in [2.05, 4.69) is 24.3 Å². The van der Waals surface area contributed by atoms with E-state index in [0.717, 1.165) is 25.9 Å². The first kappa shape index (κ1) is 13.4. The maximum atomic E-state index is 10.7. The highest BCUT2D eigenvalue weighted by molar-refractivity contribution is 5.72. The number of carbonyl (C=O) groups excluding carboxylic acids is 1. The van der Waals surface area contributed by atoms with Crippen molar-refractivity contribution in [3.8, 4) is 0 Å². The van der Waals surface area contributed by atoms with Gasteiger partial charge in [0, 0.05) is 26.1 Å². The lowest BCUT2D eigenvalue weighted by Crippen LogP contribution is -2.49. The van der Waals surface area contributed by atoms with Gasteiger partial charge in [-0.05, 0) is 26.9 Å². The Labute approximate surface area is 97.4 Å². The number of aliphatic hydroxyl groups is 1. The van der Waals surface area contributed by atoms with Crippen molar-refractivity contribution >= 4 is 5.91 Å². The highest BCUT2D eigenvalue weighted by Gasteiger charge is 2.24. The Balaban J connectivity index is 2.27. The molecule has 0 aromatic rings. The van der Waals surface area contributed by atoms with E-state index in [9.17, 15) is 9.90 Å². The third kappa shape index (κ3) is 4.08. The molecular formula is C11H23N3O2. The minimum Gasteiger partial charge on any atom is -0.377 e. The Morgan fingerprint density at radius 1 is 1.50 bits per heavy atom. The number of amides is 1. The van der Waals surface area contributed by atoms with E-state index in [-0.39, 0.29) is 5.91 Å². The zero-order chi connectivity index (χ0) is 12.1. The van der Waals surface area contributed by atoms with E-state index in [1.807, 2.05) is 4.90 Å². The molecule has 0 aromatic carbocycles. The monoisotopic (exact) mass is 229 g/mol. The smallest absolute Gasteiger partial charge is 0.217 e. The standard InChI is InChI=1S/C11H23N3O2/c1-9(15)12-8-11(16)14-6-4-10(5-7-14)13(2)3/h10-11,16H,4-8H2,1-3H3,(H,12,15). The number of piperidine rings is 1. The first-order valence-corrected chi connectivity index (χ1v) is 5.83. The van der Waals surface area contributed by atoms with E-state index in [1.165, 1.54) is 6.92 Å². The fourth-order valence-corrected chi connectivity index (χ4v) is 2.06. The largest absolute Gasteiger partial charge is 0.377 e. The summed E-state index contributed by atoms with van der Waals surface area (Å²) in [5.74, 6) is -0.0952. The van der Waals surface area contributed by atoms with Gasteiger partial charge in [0.05, 0.1) is 6.54 Å². The van der Waals surface area contributed by atoms with Gasteiger partial charge in [-0.3, -0.25) is 9.69 Å². The molecule has 1 rings (SSSR count). The first-order valence-electron chi connectivity index (χ1n) is 5.83. The number of nitrogens with one attached hydrogen (secondary N) is 1. The topological polar surface area (TPSA) is 55.8 Å². The third-order valence-electron chi connectivity index (χ3n) is 3.18. The van der Waals surface area contributed by atoms with Gasteiger partial charge in [0.1, 0.15) is 6.23 Å². The van der Waals surface area contributed by atoms with Crippen LogP contribution in [0.5, 0.6) is 0 Å². The normalized spacial score (nSPS) is 21.1. The van der Waals surface area contributed by atoms with Crippen molar-refractivity contribution in [1.29, 1.82) is 0 Å². The molecule has 0 aliphatic carbocycles. The van der Waals surface area contributed by atoms with Gasteiger partial charge in [0.2, 0.25) is 5.91 Å². The lowest BCUT2D eigenvalue weighted by molar-refractivity contribution is -0.120. The van der Waals surface area contributed by atoms with Crippen LogP contribution in [0.3, 0.4) is 0 Å². The van der Waals surface area contributed by atoms with Crippen molar-refractivity contribution in [3.63, 3.8) is 0 Å². The zero-order valence-corrected chi connectivity index (χ0v) is 10.4. The molecule has 5 nitrogen and oxygen atoms in total. The van der Waals surface area contributed by atoms with Gasteiger partial charge < -0.3 is 15.3 Å². The molecular weight excluding hydrogens is 206 g/mol. The quantitative estimate of drug-likeness (QED) is 0.680. The van der Waals surface area contributed by atoms with Gasteiger partial charge in [-0.25, -0.2) is 0 Å². The van der Waals surface area contributed by atoms with Crippen molar-refractivity contribution in [1.82, 2.24) is 15.1 Å². The molecule has 1 heterocycles. The lowest BCUT2D eigenvalue weighted by atomic mass is 10.0. The molecule has 1 unspecified atom stereocenters. The molecule has 0 bridgehead atoms. The van der Waals surface area contributed by atoms with Crippen LogP contribution in [0.15, 0.2) is 0 Å². The van der Waals surface area contributed by atoms with Crippen molar-refractivity contribution in [2.45, 2.75) is 32.0 Å². The molecule has 0 spiro atoms. The Hall–Kier alpha value is -0.650. The molecule has 1 saturated heterocycles. The van der Waals surface area contributed by atoms with Gasteiger partial charge in [0.15, 0.2) is 0 Å². The predicted octanol–water partition coefficient (Wildman–Crippen LogP) is -0.533. The van der Waals surface area contributed by atoms with E-state index in [1.54, 1.807) is 0 Å². The molecule has 94 valence electrons. The second-order valence-electron chi connectivity index (χ2n) is 4.65. The predicted molar refractivity (Wildman–Crippen MR) is 63.0 cm³/mol. The Kier molecular flexibility index (Phi) is 5.18. The highest BCUT2D eigenvalue weighted by Crippen LogP contribution is 2.15. The summed E-state index contributed by atoms with van der Waals surface area (Å²) in [5.41, 5.74) is 0. The van der Waals surface area contributed by atoms with Crippen LogP contribution in [0.25, 0.3) is 0 Å². The molecule has 5 heteroatoms. The number of likely N-dealkylation sites (tertiary alicyclic amines) is 1. The summed E-state index contributed by atoms with van der Waals surface area (Å²) >= 11 is 0.